The van der Waals surface area contributed by atoms with E-state index in [0.29, 0.717) is 17.5 Å². The molecule has 1 aromatic carbocycles. The number of nitrogens with one attached hydrogen (secondary N) is 1. The van der Waals surface area contributed by atoms with Gasteiger partial charge in [0.15, 0.2) is 0 Å². The van der Waals surface area contributed by atoms with E-state index >= 15 is 0 Å². The second kappa shape index (κ2) is 8.47. The number of hydrogen-bond donors (Lipinski definition) is 1. The lowest BCUT2D eigenvalue weighted by Gasteiger charge is -2.18. The van der Waals surface area contributed by atoms with E-state index in [1.807, 2.05) is 0 Å². The van der Waals surface area contributed by atoms with Crippen molar-refractivity contribution >= 4 is 23.7 Å². The average molecular weight is 404 g/mol. The van der Waals surface area contributed by atoms with Crippen molar-refractivity contribution in [2.75, 3.05) is 6.61 Å². The third-order valence-corrected chi connectivity index (χ3v) is 5.88. The minimum absolute atomic E-state index is 0.0559. The highest BCUT2D eigenvalue weighted by Crippen LogP contribution is 2.42. The van der Waals surface area contributed by atoms with E-state index in [1.54, 1.807) is 37.3 Å². The van der Waals surface area contributed by atoms with Gasteiger partial charge in [-0.15, -0.1) is 11.8 Å². The Morgan fingerprint density at radius 1 is 1.25 bits per heavy atom. The first-order chi connectivity index (χ1) is 13.3. The van der Waals surface area contributed by atoms with Crippen molar-refractivity contribution in [1.82, 2.24) is 9.55 Å². The Morgan fingerprint density at radius 2 is 1.96 bits per heavy atom. The van der Waals surface area contributed by atoms with Crippen LogP contribution in [0.2, 0.25) is 0 Å². The van der Waals surface area contributed by atoms with Crippen LogP contribution in [-0.4, -0.2) is 39.5 Å². The Kier molecular flexibility index (Phi) is 6.03. The summed E-state index contributed by atoms with van der Waals surface area (Å²) in [6, 6.07) is 8.58. The van der Waals surface area contributed by atoms with Crippen LogP contribution in [0.3, 0.4) is 0 Å². The van der Waals surface area contributed by atoms with Gasteiger partial charge in [-0.05, 0) is 19.1 Å². The highest BCUT2D eigenvalue weighted by Gasteiger charge is 2.40. The van der Waals surface area contributed by atoms with Gasteiger partial charge in [-0.1, -0.05) is 18.2 Å². The molecule has 0 radical (unpaired) electrons. The Hall–Kier alpha value is -2.81. The summed E-state index contributed by atoms with van der Waals surface area (Å²) < 4.78 is 12.2. The molecule has 2 heterocycles. The summed E-state index contributed by atoms with van der Waals surface area (Å²) >= 11 is 1.37. The molecule has 1 aromatic heterocycles. The predicted octanol–water partition coefficient (Wildman–Crippen LogP) is 1.64. The summed E-state index contributed by atoms with van der Waals surface area (Å²) in [7, 11) is 0. The van der Waals surface area contributed by atoms with Crippen LogP contribution in [0.1, 0.15) is 34.6 Å². The lowest BCUT2D eigenvalue weighted by Crippen LogP contribution is -2.32. The molecule has 8 nitrogen and oxygen atoms in total. The van der Waals surface area contributed by atoms with Crippen molar-refractivity contribution < 1.29 is 19.1 Å². The number of nitrogens with zero attached hydrogens (tertiary/aromatic N) is 1. The number of carbonyl (C=O) groups excluding carboxylic acids is 2. The number of H-pyrrole nitrogens is 1. The molecule has 0 spiro atoms. The fourth-order valence-corrected chi connectivity index (χ4v) is 4.41. The Morgan fingerprint density at radius 3 is 2.64 bits per heavy atom. The van der Waals surface area contributed by atoms with E-state index in [1.165, 1.54) is 29.4 Å². The molecule has 0 unspecified atom stereocenters. The number of esters is 2. The maximum absolute atomic E-state index is 12.4. The number of hydrogen-bond acceptors (Lipinski definition) is 7. The van der Waals surface area contributed by atoms with Crippen LogP contribution in [0.5, 0.6) is 0 Å². The van der Waals surface area contributed by atoms with Gasteiger partial charge in [0.2, 0.25) is 0 Å². The summed E-state index contributed by atoms with van der Waals surface area (Å²) in [5.74, 6) is -0.918. The van der Waals surface area contributed by atoms with Crippen molar-refractivity contribution in [2.24, 2.45) is 0 Å². The van der Waals surface area contributed by atoms with Gasteiger partial charge >= 0.3 is 17.6 Å². The zero-order valence-corrected chi connectivity index (χ0v) is 16.2. The average Bonchev–Trinajstić information content (AvgIpc) is 3.06. The molecule has 3 atom stereocenters. The van der Waals surface area contributed by atoms with Gasteiger partial charge in [0.25, 0.3) is 5.56 Å². The minimum atomic E-state index is -0.554. The summed E-state index contributed by atoms with van der Waals surface area (Å²) in [6.45, 7) is 2.97. The maximum atomic E-state index is 12.4. The molecule has 28 heavy (non-hydrogen) atoms. The second-order valence-corrected chi connectivity index (χ2v) is 7.88. The van der Waals surface area contributed by atoms with Crippen molar-refractivity contribution in [3.63, 3.8) is 0 Å². The van der Waals surface area contributed by atoms with E-state index in [2.05, 4.69) is 4.98 Å². The number of ether oxygens (including phenoxy) is 2. The van der Waals surface area contributed by atoms with E-state index in [0.717, 1.165) is 0 Å². The molecule has 1 aliphatic heterocycles. The monoisotopic (exact) mass is 404 g/mol. The number of aromatic nitrogens is 2. The van der Waals surface area contributed by atoms with Crippen molar-refractivity contribution in [3.8, 4) is 0 Å². The molecule has 1 saturated heterocycles. The first kappa shape index (κ1) is 19.9. The second-order valence-electron chi connectivity index (χ2n) is 6.46. The van der Waals surface area contributed by atoms with Gasteiger partial charge in [-0.3, -0.25) is 19.1 Å². The van der Waals surface area contributed by atoms with Crippen molar-refractivity contribution in [1.29, 1.82) is 0 Å². The quantitative estimate of drug-likeness (QED) is 0.755. The molecule has 148 valence electrons. The number of rotatable bonds is 5. The molecule has 0 bridgehead atoms. The standard InChI is InChI=1S/C19H20N2O6S/c1-11-9-21(19(25)20-17(11)23)16-8-14(15(28-16)10-26-12(2)22)27-18(24)13-6-4-3-5-7-13/h3-7,9,14-16H,8,10H2,1-2H3,(H,20,23,25)/t14-,15-,16+/m1/s1. The maximum Gasteiger partial charge on any atom is 0.338 e. The minimum Gasteiger partial charge on any atom is -0.465 e. The highest BCUT2D eigenvalue weighted by molar-refractivity contribution is 8.00. The van der Waals surface area contributed by atoms with Gasteiger partial charge in [0, 0.05) is 25.1 Å². The third kappa shape index (κ3) is 4.53. The SMILES string of the molecule is CC(=O)OC[C@H]1S[C@H](n2cc(C)c(=O)[nH]c2=O)C[C@H]1OC(=O)c1ccccc1. The Balaban J connectivity index is 1.82. The zero-order chi connectivity index (χ0) is 20.3. The van der Waals surface area contributed by atoms with E-state index < -0.39 is 29.3 Å². The Bertz CT molecular complexity index is 984. The normalized spacial score (nSPS) is 21.3. The number of aromatic amines is 1. The van der Waals surface area contributed by atoms with Crippen LogP contribution in [0.15, 0.2) is 46.1 Å². The first-order valence-corrected chi connectivity index (χ1v) is 9.66. The molecular formula is C19H20N2O6S. The van der Waals surface area contributed by atoms with Crippen LogP contribution in [0.4, 0.5) is 0 Å². The zero-order valence-electron chi connectivity index (χ0n) is 15.4. The summed E-state index contributed by atoms with van der Waals surface area (Å²) in [5.41, 5.74) is -0.150. The number of thioether (sulfide) groups is 1. The topological polar surface area (TPSA) is 107 Å². The van der Waals surface area contributed by atoms with Crippen LogP contribution in [0.25, 0.3) is 0 Å². The van der Waals surface area contributed by atoms with Gasteiger partial charge in [0.05, 0.1) is 16.2 Å². The van der Waals surface area contributed by atoms with E-state index in [-0.39, 0.29) is 17.2 Å². The molecule has 1 aliphatic rings. The molecule has 1 fully saturated rings. The molecule has 1 N–H and O–H groups in total. The molecule has 9 heteroatoms. The number of carbonyl (C=O) groups is 2. The van der Waals surface area contributed by atoms with Gasteiger partial charge < -0.3 is 9.47 Å². The van der Waals surface area contributed by atoms with Crippen molar-refractivity contribution in [3.05, 3.63) is 68.5 Å². The highest BCUT2D eigenvalue weighted by atomic mass is 32.2. The number of aryl methyl sites for hydroxylation is 1. The summed E-state index contributed by atoms with van der Waals surface area (Å²) in [5, 5.41) is -0.696. The molecule has 2 aromatic rings. The molecule has 0 saturated carbocycles. The lowest BCUT2D eigenvalue weighted by molar-refractivity contribution is -0.141. The Labute approximate surface area is 164 Å². The van der Waals surface area contributed by atoms with Gasteiger partial charge in [-0.2, -0.15) is 0 Å². The van der Waals surface area contributed by atoms with Crippen LogP contribution < -0.4 is 11.2 Å². The molecule has 3 rings (SSSR count). The lowest BCUT2D eigenvalue weighted by atomic mass is 10.1. The third-order valence-electron chi connectivity index (χ3n) is 4.36. The van der Waals surface area contributed by atoms with Crippen LogP contribution >= 0.6 is 11.8 Å². The fourth-order valence-electron chi connectivity index (χ4n) is 2.92. The smallest absolute Gasteiger partial charge is 0.338 e. The van der Waals surface area contributed by atoms with Crippen LogP contribution in [0, 0.1) is 6.92 Å². The van der Waals surface area contributed by atoms with E-state index in [9.17, 15) is 19.2 Å². The predicted molar refractivity (Wildman–Crippen MR) is 103 cm³/mol. The molecular weight excluding hydrogens is 384 g/mol. The largest absolute Gasteiger partial charge is 0.465 e. The van der Waals surface area contributed by atoms with Crippen LogP contribution in [-0.2, 0) is 14.3 Å². The summed E-state index contributed by atoms with van der Waals surface area (Å²) in [6.07, 6.45) is 1.28. The van der Waals surface area contributed by atoms with Gasteiger partial charge in [-0.25, -0.2) is 9.59 Å². The van der Waals surface area contributed by atoms with Crippen molar-refractivity contribution in [2.45, 2.75) is 37.0 Å². The molecule has 0 aliphatic carbocycles. The summed E-state index contributed by atoms with van der Waals surface area (Å²) in [4.78, 5) is 49.7. The fraction of sp³-hybridized carbons (Fsp3) is 0.368. The van der Waals surface area contributed by atoms with E-state index in [4.69, 9.17) is 9.47 Å². The van der Waals surface area contributed by atoms with Gasteiger partial charge in [0.1, 0.15) is 12.7 Å². The first-order valence-electron chi connectivity index (χ1n) is 8.72. The number of benzene rings is 1. The molecule has 0 amide bonds.